The van der Waals surface area contributed by atoms with Crippen molar-refractivity contribution < 1.29 is 9.13 Å². The molecule has 0 aliphatic heterocycles. The molecule has 1 heterocycles. The van der Waals surface area contributed by atoms with E-state index in [0.29, 0.717) is 18.7 Å². The summed E-state index contributed by atoms with van der Waals surface area (Å²) in [5, 5.41) is 7.25. The fourth-order valence-electron chi connectivity index (χ4n) is 1.83. The van der Waals surface area contributed by atoms with Gasteiger partial charge in [-0.15, -0.1) is 0 Å². The molecule has 0 aliphatic rings. The Kier molecular flexibility index (Phi) is 3.94. The van der Waals surface area contributed by atoms with Crippen molar-refractivity contribution in [2.75, 3.05) is 14.2 Å². The van der Waals surface area contributed by atoms with Crippen LogP contribution in [0.1, 0.15) is 11.3 Å². The maximum Gasteiger partial charge on any atom is 0.170 e. The highest BCUT2D eigenvalue weighted by Gasteiger charge is 2.10. The van der Waals surface area contributed by atoms with Crippen molar-refractivity contribution in [1.82, 2.24) is 15.1 Å². The van der Waals surface area contributed by atoms with Gasteiger partial charge in [-0.1, -0.05) is 12.1 Å². The molecule has 96 valence electrons. The highest BCUT2D eigenvalue weighted by molar-refractivity contribution is 5.31. The molecule has 0 aliphatic carbocycles. The molecule has 0 unspecified atom stereocenters. The minimum absolute atomic E-state index is 0.259. The average Bonchev–Trinajstić information content (AvgIpc) is 2.80. The molecule has 2 aromatic rings. The molecule has 0 saturated carbocycles. The zero-order chi connectivity index (χ0) is 13.0. The van der Waals surface area contributed by atoms with Crippen molar-refractivity contribution in [2.24, 2.45) is 0 Å². The number of ether oxygens (including phenoxy) is 1. The van der Waals surface area contributed by atoms with Crippen molar-refractivity contribution in [3.8, 4) is 5.75 Å². The second kappa shape index (κ2) is 5.64. The Balaban J connectivity index is 2.25. The first-order valence-corrected chi connectivity index (χ1v) is 5.73. The molecule has 2 rings (SSSR count). The molecule has 1 aromatic heterocycles. The van der Waals surface area contributed by atoms with Gasteiger partial charge in [-0.05, 0) is 19.2 Å². The van der Waals surface area contributed by atoms with Gasteiger partial charge in [-0.2, -0.15) is 5.10 Å². The van der Waals surface area contributed by atoms with Crippen molar-refractivity contribution >= 4 is 0 Å². The van der Waals surface area contributed by atoms with E-state index in [2.05, 4.69) is 10.4 Å². The van der Waals surface area contributed by atoms with Crippen LogP contribution in [0.5, 0.6) is 5.75 Å². The van der Waals surface area contributed by atoms with E-state index in [1.807, 2.05) is 13.1 Å². The molecule has 0 bridgehead atoms. The Morgan fingerprint density at radius 3 is 2.94 bits per heavy atom. The lowest BCUT2D eigenvalue weighted by atomic mass is 10.2. The molecule has 1 N–H and O–H groups in total. The first-order chi connectivity index (χ1) is 8.76. The van der Waals surface area contributed by atoms with E-state index in [1.165, 1.54) is 7.11 Å². The van der Waals surface area contributed by atoms with Crippen molar-refractivity contribution in [1.29, 1.82) is 0 Å². The summed E-state index contributed by atoms with van der Waals surface area (Å²) in [6.07, 6.45) is 1.71. The van der Waals surface area contributed by atoms with Crippen LogP contribution in [-0.2, 0) is 13.1 Å². The zero-order valence-electron chi connectivity index (χ0n) is 10.5. The number of benzene rings is 1. The largest absolute Gasteiger partial charge is 0.494 e. The van der Waals surface area contributed by atoms with E-state index in [-0.39, 0.29) is 11.6 Å². The standard InChI is InChI=1S/C13H16FN3O/c1-15-8-11-6-7-16-17(11)9-10-4-3-5-12(18-2)13(10)14/h3-7,15H,8-9H2,1-2H3. The number of aromatic nitrogens is 2. The summed E-state index contributed by atoms with van der Waals surface area (Å²) in [6.45, 7) is 1.10. The van der Waals surface area contributed by atoms with Crippen LogP contribution in [0.4, 0.5) is 4.39 Å². The first-order valence-electron chi connectivity index (χ1n) is 5.73. The Hall–Kier alpha value is -1.88. The maximum atomic E-state index is 14.0. The third-order valence-corrected chi connectivity index (χ3v) is 2.75. The average molecular weight is 249 g/mol. The molecule has 0 amide bonds. The van der Waals surface area contributed by atoms with Gasteiger partial charge in [0.05, 0.1) is 19.3 Å². The van der Waals surface area contributed by atoms with E-state index in [4.69, 9.17) is 4.74 Å². The fourth-order valence-corrected chi connectivity index (χ4v) is 1.83. The van der Waals surface area contributed by atoms with Gasteiger partial charge in [0.15, 0.2) is 11.6 Å². The first kappa shape index (κ1) is 12.6. The molecule has 0 saturated heterocycles. The predicted molar refractivity (Wildman–Crippen MR) is 67.0 cm³/mol. The van der Waals surface area contributed by atoms with Crippen LogP contribution in [0, 0.1) is 5.82 Å². The molecule has 0 spiro atoms. The quantitative estimate of drug-likeness (QED) is 0.878. The lowest BCUT2D eigenvalue weighted by Gasteiger charge is -2.10. The molecule has 0 radical (unpaired) electrons. The van der Waals surface area contributed by atoms with Gasteiger partial charge in [-0.3, -0.25) is 4.68 Å². The van der Waals surface area contributed by atoms with Crippen LogP contribution in [0.3, 0.4) is 0 Å². The lowest BCUT2D eigenvalue weighted by Crippen LogP contribution is -2.13. The van der Waals surface area contributed by atoms with Crippen LogP contribution >= 0.6 is 0 Å². The second-order valence-electron chi connectivity index (χ2n) is 3.94. The minimum atomic E-state index is -0.328. The number of methoxy groups -OCH3 is 1. The summed E-state index contributed by atoms with van der Waals surface area (Å²) in [5.74, 6) is -0.0688. The molecular weight excluding hydrogens is 233 g/mol. The van der Waals surface area contributed by atoms with Crippen LogP contribution in [0.2, 0.25) is 0 Å². The van der Waals surface area contributed by atoms with Gasteiger partial charge < -0.3 is 10.1 Å². The van der Waals surface area contributed by atoms with Crippen LogP contribution in [-0.4, -0.2) is 23.9 Å². The van der Waals surface area contributed by atoms with Crippen molar-refractivity contribution in [3.63, 3.8) is 0 Å². The van der Waals surface area contributed by atoms with Gasteiger partial charge in [0, 0.05) is 18.3 Å². The molecule has 0 fully saturated rings. The summed E-state index contributed by atoms with van der Waals surface area (Å²) in [7, 11) is 3.33. The smallest absolute Gasteiger partial charge is 0.170 e. The fraction of sp³-hybridized carbons (Fsp3) is 0.308. The number of nitrogens with one attached hydrogen (secondary N) is 1. The minimum Gasteiger partial charge on any atom is -0.494 e. The third kappa shape index (κ3) is 2.51. The van der Waals surface area contributed by atoms with Gasteiger partial charge >= 0.3 is 0 Å². The summed E-state index contributed by atoms with van der Waals surface area (Å²) in [5.41, 5.74) is 1.58. The monoisotopic (exact) mass is 249 g/mol. The van der Waals surface area contributed by atoms with Crippen LogP contribution < -0.4 is 10.1 Å². The highest BCUT2D eigenvalue weighted by Crippen LogP contribution is 2.20. The van der Waals surface area contributed by atoms with Gasteiger partial charge in [0.25, 0.3) is 0 Å². The number of hydrogen-bond donors (Lipinski definition) is 1. The Morgan fingerprint density at radius 2 is 2.22 bits per heavy atom. The number of rotatable bonds is 5. The van der Waals surface area contributed by atoms with Gasteiger partial charge in [-0.25, -0.2) is 4.39 Å². The second-order valence-corrected chi connectivity index (χ2v) is 3.94. The zero-order valence-corrected chi connectivity index (χ0v) is 10.5. The van der Waals surface area contributed by atoms with E-state index in [1.54, 1.807) is 29.1 Å². The Morgan fingerprint density at radius 1 is 1.39 bits per heavy atom. The van der Waals surface area contributed by atoms with Crippen LogP contribution in [0.15, 0.2) is 30.5 Å². The summed E-state index contributed by atoms with van der Waals surface area (Å²) >= 11 is 0. The molecule has 0 atom stereocenters. The summed E-state index contributed by atoms with van der Waals surface area (Å²) in [4.78, 5) is 0. The van der Waals surface area contributed by atoms with E-state index < -0.39 is 0 Å². The lowest BCUT2D eigenvalue weighted by molar-refractivity contribution is 0.383. The molecule has 4 nitrogen and oxygen atoms in total. The maximum absolute atomic E-state index is 14.0. The topological polar surface area (TPSA) is 39.1 Å². The van der Waals surface area contributed by atoms with Crippen molar-refractivity contribution in [3.05, 3.63) is 47.5 Å². The SMILES string of the molecule is CNCc1ccnn1Cc1cccc(OC)c1F. The normalized spacial score (nSPS) is 10.6. The number of hydrogen-bond acceptors (Lipinski definition) is 3. The highest BCUT2D eigenvalue weighted by atomic mass is 19.1. The number of nitrogens with zero attached hydrogens (tertiary/aromatic N) is 2. The van der Waals surface area contributed by atoms with E-state index in [9.17, 15) is 4.39 Å². The Labute approximate surface area is 105 Å². The molecular formula is C13H16FN3O. The molecule has 18 heavy (non-hydrogen) atoms. The third-order valence-electron chi connectivity index (χ3n) is 2.75. The summed E-state index contributed by atoms with van der Waals surface area (Å²) < 4.78 is 20.7. The van der Waals surface area contributed by atoms with E-state index in [0.717, 1.165) is 5.69 Å². The Bertz CT molecular complexity index is 525. The van der Waals surface area contributed by atoms with E-state index >= 15 is 0 Å². The van der Waals surface area contributed by atoms with Gasteiger partial charge in [0.1, 0.15) is 0 Å². The predicted octanol–water partition coefficient (Wildman–Crippen LogP) is 1.80. The molecule has 5 heteroatoms. The van der Waals surface area contributed by atoms with Crippen LogP contribution in [0.25, 0.3) is 0 Å². The van der Waals surface area contributed by atoms with Gasteiger partial charge in [0.2, 0.25) is 0 Å². The molecule has 1 aromatic carbocycles. The number of halogens is 1. The summed E-state index contributed by atoms with van der Waals surface area (Å²) in [6, 6.07) is 7.03. The van der Waals surface area contributed by atoms with Crippen molar-refractivity contribution in [2.45, 2.75) is 13.1 Å².